The molecule has 0 atom stereocenters. The summed E-state index contributed by atoms with van der Waals surface area (Å²) in [4.78, 5) is 12.3. The van der Waals surface area contributed by atoms with Crippen molar-refractivity contribution in [1.29, 1.82) is 0 Å². The van der Waals surface area contributed by atoms with Gasteiger partial charge in [-0.1, -0.05) is 20.8 Å². The molecule has 0 aliphatic heterocycles. The first kappa shape index (κ1) is 12.4. The molecule has 0 amide bonds. The number of hydrogen-bond donors (Lipinski definition) is 0. The van der Waals surface area contributed by atoms with Crippen molar-refractivity contribution in [3.8, 4) is 0 Å². The van der Waals surface area contributed by atoms with E-state index in [1.807, 2.05) is 0 Å². The van der Waals surface area contributed by atoms with E-state index in [4.69, 9.17) is 0 Å². The zero-order chi connectivity index (χ0) is 12.8. The summed E-state index contributed by atoms with van der Waals surface area (Å²) in [6.45, 7) is 10.5. The van der Waals surface area contributed by atoms with E-state index in [1.165, 1.54) is 24.2 Å². The van der Waals surface area contributed by atoms with Gasteiger partial charge in [0.25, 0.3) is 0 Å². The minimum atomic E-state index is 0.0686. The molecule has 1 fully saturated rings. The van der Waals surface area contributed by atoms with Gasteiger partial charge in [-0.25, -0.2) is 0 Å². The number of aryl methyl sites for hydroxylation is 1. The Kier molecular flexibility index (Phi) is 2.92. The van der Waals surface area contributed by atoms with Crippen molar-refractivity contribution in [3.63, 3.8) is 0 Å². The number of carbonyl (C=O) groups excluding carboxylic acids is 1. The normalized spacial score (nSPS) is 16.3. The Hall–Kier alpha value is -1.05. The highest BCUT2D eigenvalue weighted by Crippen LogP contribution is 2.38. The highest BCUT2D eigenvalue weighted by Gasteiger charge is 2.29. The van der Waals surface area contributed by atoms with Crippen LogP contribution in [0.15, 0.2) is 6.07 Å². The van der Waals surface area contributed by atoms with Gasteiger partial charge in [-0.2, -0.15) is 0 Å². The van der Waals surface area contributed by atoms with E-state index < -0.39 is 0 Å². The average molecular weight is 233 g/mol. The number of aromatic nitrogens is 1. The van der Waals surface area contributed by atoms with Crippen LogP contribution in [0.2, 0.25) is 0 Å². The van der Waals surface area contributed by atoms with Gasteiger partial charge >= 0.3 is 0 Å². The topological polar surface area (TPSA) is 22.0 Å². The number of carbonyl (C=O) groups is 1. The Labute approximate surface area is 104 Å². The summed E-state index contributed by atoms with van der Waals surface area (Å²) in [7, 11) is 0. The van der Waals surface area contributed by atoms with Crippen LogP contribution in [0, 0.1) is 19.3 Å². The van der Waals surface area contributed by atoms with Gasteiger partial charge in [0.1, 0.15) is 0 Å². The third-order valence-corrected chi connectivity index (χ3v) is 3.39. The van der Waals surface area contributed by atoms with Crippen molar-refractivity contribution in [2.24, 2.45) is 5.41 Å². The van der Waals surface area contributed by atoms with Crippen LogP contribution in [0.25, 0.3) is 0 Å². The van der Waals surface area contributed by atoms with Crippen molar-refractivity contribution >= 4 is 5.78 Å². The molecule has 1 aromatic heterocycles. The lowest BCUT2D eigenvalue weighted by molar-refractivity contribution is 0.0939. The Morgan fingerprint density at radius 1 is 1.35 bits per heavy atom. The van der Waals surface area contributed by atoms with Gasteiger partial charge in [-0.3, -0.25) is 4.79 Å². The third-order valence-electron chi connectivity index (χ3n) is 3.39. The number of rotatable bonds is 3. The van der Waals surface area contributed by atoms with Gasteiger partial charge in [0.05, 0.1) is 0 Å². The molecule has 1 aliphatic rings. The van der Waals surface area contributed by atoms with Gasteiger partial charge in [0, 0.05) is 29.4 Å². The van der Waals surface area contributed by atoms with Crippen LogP contribution >= 0.6 is 0 Å². The lowest BCUT2D eigenvalue weighted by atomic mass is 9.88. The predicted molar refractivity (Wildman–Crippen MR) is 70.6 cm³/mol. The van der Waals surface area contributed by atoms with E-state index in [0.717, 1.165) is 5.56 Å². The van der Waals surface area contributed by atoms with Gasteiger partial charge in [0.2, 0.25) is 0 Å². The maximum Gasteiger partial charge on any atom is 0.165 e. The first-order valence-corrected chi connectivity index (χ1v) is 6.51. The minimum Gasteiger partial charge on any atom is -0.345 e. The van der Waals surface area contributed by atoms with Gasteiger partial charge in [-0.05, 0) is 38.2 Å². The molecule has 1 heterocycles. The molecule has 0 saturated heterocycles. The summed E-state index contributed by atoms with van der Waals surface area (Å²) in [6, 6.07) is 2.73. The van der Waals surface area contributed by atoms with Crippen LogP contribution < -0.4 is 0 Å². The molecular formula is C15H23NO. The van der Waals surface area contributed by atoms with E-state index in [0.29, 0.717) is 12.5 Å². The highest BCUT2D eigenvalue weighted by atomic mass is 16.1. The molecule has 2 rings (SSSR count). The molecule has 0 unspecified atom stereocenters. The maximum absolute atomic E-state index is 12.3. The summed E-state index contributed by atoms with van der Waals surface area (Å²) in [5.74, 6) is 0.289. The molecule has 0 radical (unpaired) electrons. The fraction of sp³-hybridized carbons (Fsp3) is 0.667. The molecule has 1 aliphatic carbocycles. The quantitative estimate of drug-likeness (QED) is 0.722. The number of nitrogens with zero attached hydrogens (tertiary/aromatic N) is 1. The fourth-order valence-electron chi connectivity index (χ4n) is 2.53. The summed E-state index contributed by atoms with van der Waals surface area (Å²) < 4.78 is 2.34. The predicted octanol–water partition coefficient (Wildman–Crippen LogP) is 4.06. The number of ketones is 1. The Bertz CT molecular complexity index is 444. The van der Waals surface area contributed by atoms with E-state index in [9.17, 15) is 4.79 Å². The van der Waals surface area contributed by atoms with Gasteiger partial charge < -0.3 is 4.57 Å². The molecule has 17 heavy (non-hydrogen) atoms. The lowest BCUT2D eigenvalue weighted by Crippen LogP contribution is -2.13. The van der Waals surface area contributed by atoms with E-state index >= 15 is 0 Å². The van der Waals surface area contributed by atoms with Crippen molar-refractivity contribution in [2.45, 2.75) is 59.9 Å². The van der Waals surface area contributed by atoms with E-state index in [-0.39, 0.29) is 11.2 Å². The van der Waals surface area contributed by atoms with Crippen LogP contribution in [0.4, 0.5) is 0 Å². The Morgan fingerprint density at radius 3 is 2.41 bits per heavy atom. The first-order valence-electron chi connectivity index (χ1n) is 6.51. The van der Waals surface area contributed by atoms with E-state index in [1.54, 1.807) is 0 Å². The molecule has 0 bridgehead atoms. The highest BCUT2D eigenvalue weighted by molar-refractivity contribution is 5.97. The molecule has 1 saturated carbocycles. The van der Waals surface area contributed by atoms with Crippen molar-refractivity contribution in [1.82, 2.24) is 4.57 Å². The fourth-order valence-corrected chi connectivity index (χ4v) is 2.53. The van der Waals surface area contributed by atoms with Gasteiger partial charge in [-0.15, -0.1) is 0 Å². The van der Waals surface area contributed by atoms with Crippen LogP contribution in [0.1, 0.15) is 67.8 Å². The second-order valence-electron chi connectivity index (χ2n) is 6.55. The van der Waals surface area contributed by atoms with Gasteiger partial charge in [0.15, 0.2) is 5.78 Å². The summed E-state index contributed by atoms with van der Waals surface area (Å²) in [6.07, 6.45) is 3.16. The number of hydrogen-bond acceptors (Lipinski definition) is 1. The molecule has 0 aromatic carbocycles. The molecule has 2 heteroatoms. The largest absolute Gasteiger partial charge is 0.345 e. The smallest absolute Gasteiger partial charge is 0.165 e. The monoisotopic (exact) mass is 233 g/mol. The number of Topliss-reactive ketones (excluding diaryl/α,β-unsaturated/α-hetero) is 1. The third kappa shape index (κ3) is 2.62. The summed E-state index contributed by atoms with van der Waals surface area (Å²) >= 11 is 0. The van der Waals surface area contributed by atoms with E-state index in [2.05, 4.69) is 45.3 Å². The second kappa shape index (κ2) is 4.01. The molecular weight excluding hydrogens is 210 g/mol. The zero-order valence-corrected chi connectivity index (χ0v) is 11.6. The lowest BCUT2D eigenvalue weighted by Gasteiger charge is -2.16. The Balaban J connectivity index is 2.27. The van der Waals surface area contributed by atoms with Crippen molar-refractivity contribution < 1.29 is 4.79 Å². The average Bonchev–Trinajstić information content (AvgIpc) is 2.91. The van der Waals surface area contributed by atoms with Crippen molar-refractivity contribution in [2.75, 3.05) is 0 Å². The molecule has 0 spiro atoms. The maximum atomic E-state index is 12.3. The van der Waals surface area contributed by atoms with Crippen molar-refractivity contribution in [3.05, 3.63) is 23.0 Å². The minimum absolute atomic E-state index is 0.0686. The SMILES string of the molecule is Cc1cc(C(=O)CC(C)(C)C)c(C)n1C1CC1. The Morgan fingerprint density at radius 2 is 1.94 bits per heavy atom. The summed E-state index contributed by atoms with van der Waals surface area (Å²) in [5, 5.41) is 0. The van der Waals surface area contributed by atoms with Crippen LogP contribution in [0.5, 0.6) is 0 Å². The second-order valence-corrected chi connectivity index (χ2v) is 6.55. The van der Waals surface area contributed by atoms with Crippen LogP contribution in [0.3, 0.4) is 0 Å². The molecule has 94 valence electrons. The molecule has 2 nitrogen and oxygen atoms in total. The van der Waals surface area contributed by atoms with Crippen LogP contribution in [-0.4, -0.2) is 10.4 Å². The summed E-state index contributed by atoms with van der Waals surface area (Å²) in [5.41, 5.74) is 3.41. The molecule has 1 aromatic rings. The zero-order valence-electron chi connectivity index (χ0n) is 11.6. The standard InChI is InChI=1S/C15H23NO/c1-10-8-13(14(17)9-15(3,4)5)11(2)16(10)12-6-7-12/h8,12H,6-7,9H2,1-5H3. The first-order chi connectivity index (χ1) is 7.79. The molecule has 0 N–H and O–H groups in total. The van der Waals surface area contributed by atoms with Crippen LogP contribution in [-0.2, 0) is 0 Å².